The van der Waals surface area contributed by atoms with Crippen molar-refractivity contribution in [1.82, 2.24) is 4.90 Å². The highest BCUT2D eigenvalue weighted by atomic mass is 16.5. The van der Waals surface area contributed by atoms with Crippen LogP contribution in [0, 0.1) is 0 Å². The minimum Gasteiger partial charge on any atom is -0.496 e. The summed E-state index contributed by atoms with van der Waals surface area (Å²) in [5.41, 5.74) is 8.02. The Hall–Kier alpha value is -2.78. The van der Waals surface area contributed by atoms with Crippen molar-refractivity contribution in [1.29, 1.82) is 0 Å². The van der Waals surface area contributed by atoms with Gasteiger partial charge in [-0.25, -0.2) is 0 Å². The van der Waals surface area contributed by atoms with Crippen molar-refractivity contribution in [2.75, 3.05) is 39.2 Å². The number of benzene rings is 2. The number of allylic oxidation sites excluding steroid dienone is 5. The van der Waals surface area contributed by atoms with Gasteiger partial charge in [0.1, 0.15) is 12.4 Å². The lowest BCUT2D eigenvalue weighted by Gasteiger charge is -2.36. The molecule has 2 aromatic rings. The molecular formula is C25H28N2O. The van der Waals surface area contributed by atoms with Crippen LogP contribution in [0.3, 0.4) is 0 Å². The molecule has 2 aromatic carbocycles. The van der Waals surface area contributed by atoms with Gasteiger partial charge in [-0.3, -0.25) is 0 Å². The van der Waals surface area contributed by atoms with E-state index in [4.69, 9.17) is 4.74 Å². The van der Waals surface area contributed by atoms with Crippen LogP contribution >= 0.6 is 0 Å². The van der Waals surface area contributed by atoms with E-state index in [1.54, 1.807) is 0 Å². The predicted molar refractivity (Wildman–Crippen MR) is 117 cm³/mol. The number of para-hydroxylation sites is 1. The molecule has 28 heavy (non-hydrogen) atoms. The number of likely N-dealkylation sites (N-methyl/N-ethyl adjacent to an activating group) is 2. The van der Waals surface area contributed by atoms with E-state index in [2.05, 4.69) is 97.7 Å². The summed E-state index contributed by atoms with van der Waals surface area (Å²) in [5.74, 6) is 1.05. The Morgan fingerprint density at radius 1 is 0.964 bits per heavy atom. The fraction of sp³-hybridized carbons (Fsp3) is 0.280. The van der Waals surface area contributed by atoms with Gasteiger partial charge in [-0.2, -0.15) is 0 Å². The summed E-state index contributed by atoms with van der Waals surface area (Å²) < 4.78 is 6.09. The zero-order valence-corrected chi connectivity index (χ0v) is 17.0. The van der Waals surface area contributed by atoms with Crippen LogP contribution in [0.2, 0.25) is 0 Å². The first-order valence-electron chi connectivity index (χ1n) is 9.91. The van der Waals surface area contributed by atoms with E-state index in [9.17, 15) is 0 Å². The molecular weight excluding hydrogens is 344 g/mol. The predicted octanol–water partition coefficient (Wildman–Crippen LogP) is 4.88. The van der Waals surface area contributed by atoms with Crippen LogP contribution in [-0.2, 0) is 11.2 Å². The highest BCUT2D eigenvalue weighted by Gasteiger charge is 2.28. The van der Waals surface area contributed by atoms with Gasteiger partial charge in [0.05, 0.1) is 0 Å². The van der Waals surface area contributed by atoms with Gasteiger partial charge in [0.15, 0.2) is 0 Å². The monoisotopic (exact) mass is 372 g/mol. The normalized spacial score (nSPS) is 15.8. The van der Waals surface area contributed by atoms with Crippen LogP contribution in [0.4, 0.5) is 5.69 Å². The number of rotatable bonds is 6. The smallest absolute Gasteiger partial charge is 0.101 e. The third-order valence-corrected chi connectivity index (χ3v) is 5.45. The van der Waals surface area contributed by atoms with Gasteiger partial charge in [-0.15, -0.1) is 0 Å². The van der Waals surface area contributed by atoms with Gasteiger partial charge in [0.25, 0.3) is 0 Å². The van der Waals surface area contributed by atoms with E-state index in [0.717, 1.165) is 31.8 Å². The van der Waals surface area contributed by atoms with Crippen molar-refractivity contribution in [2.45, 2.75) is 12.8 Å². The number of hydrogen-bond donors (Lipinski definition) is 0. The van der Waals surface area contributed by atoms with E-state index in [0.29, 0.717) is 0 Å². The van der Waals surface area contributed by atoms with Crippen LogP contribution in [0.1, 0.15) is 17.5 Å². The van der Waals surface area contributed by atoms with Gasteiger partial charge in [0.2, 0.25) is 0 Å². The van der Waals surface area contributed by atoms with E-state index in [-0.39, 0.29) is 0 Å². The Kier molecular flexibility index (Phi) is 5.36. The quantitative estimate of drug-likeness (QED) is 0.719. The lowest BCUT2D eigenvalue weighted by molar-refractivity contribution is 0.178. The van der Waals surface area contributed by atoms with E-state index < -0.39 is 0 Å². The van der Waals surface area contributed by atoms with Crippen LogP contribution in [0.15, 0.2) is 83.8 Å². The summed E-state index contributed by atoms with van der Waals surface area (Å²) in [7, 11) is 6.31. The second-order valence-corrected chi connectivity index (χ2v) is 7.71. The SMILES string of the molecule is CN(C)CCOC1=CC=C2C(=C(Cc3ccccc3)c3ccccc3N2C)C1. The lowest BCUT2D eigenvalue weighted by atomic mass is 9.84. The van der Waals surface area contributed by atoms with Gasteiger partial charge >= 0.3 is 0 Å². The second kappa shape index (κ2) is 8.07. The molecule has 0 unspecified atom stereocenters. The maximum Gasteiger partial charge on any atom is 0.101 e. The molecule has 3 nitrogen and oxygen atoms in total. The largest absolute Gasteiger partial charge is 0.496 e. The number of anilines is 1. The summed E-state index contributed by atoms with van der Waals surface area (Å²) >= 11 is 0. The molecule has 1 aliphatic carbocycles. The fourth-order valence-corrected chi connectivity index (χ4v) is 3.95. The third kappa shape index (κ3) is 3.76. The molecule has 0 saturated heterocycles. The van der Waals surface area contributed by atoms with Crippen molar-refractivity contribution in [3.63, 3.8) is 0 Å². The minimum atomic E-state index is 0.718. The van der Waals surface area contributed by atoms with Crippen LogP contribution < -0.4 is 4.90 Å². The van der Waals surface area contributed by atoms with Crippen LogP contribution in [0.5, 0.6) is 0 Å². The summed E-state index contributed by atoms with van der Waals surface area (Å²) in [4.78, 5) is 4.46. The highest BCUT2D eigenvalue weighted by molar-refractivity contribution is 5.88. The summed E-state index contributed by atoms with van der Waals surface area (Å²) in [6.07, 6.45) is 6.13. The van der Waals surface area contributed by atoms with Gasteiger partial charge < -0.3 is 14.5 Å². The van der Waals surface area contributed by atoms with Crippen LogP contribution in [0.25, 0.3) is 5.57 Å². The van der Waals surface area contributed by atoms with Crippen molar-refractivity contribution >= 4 is 11.3 Å². The summed E-state index contributed by atoms with van der Waals surface area (Å²) in [5, 5.41) is 0. The van der Waals surface area contributed by atoms with Gasteiger partial charge in [-0.05, 0) is 55.4 Å². The Morgan fingerprint density at radius 2 is 1.71 bits per heavy atom. The minimum absolute atomic E-state index is 0.718. The van der Waals surface area contributed by atoms with Gasteiger partial charge in [0, 0.05) is 37.0 Å². The highest BCUT2D eigenvalue weighted by Crippen LogP contribution is 2.44. The molecule has 0 radical (unpaired) electrons. The van der Waals surface area contributed by atoms with Gasteiger partial charge in [-0.1, -0.05) is 48.5 Å². The van der Waals surface area contributed by atoms with Crippen molar-refractivity contribution < 1.29 is 4.74 Å². The number of fused-ring (bicyclic) bond motifs is 2. The molecule has 0 atom stereocenters. The first kappa shape index (κ1) is 18.6. The van der Waals surface area contributed by atoms with Crippen molar-refractivity contribution in [3.05, 3.63) is 94.9 Å². The Morgan fingerprint density at radius 3 is 2.50 bits per heavy atom. The summed E-state index contributed by atoms with van der Waals surface area (Å²) in [6.45, 7) is 1.64. The molecule has 0 spiro atoms. The molecule has 0 fully saturated rings. The van der Waals surface area contributed by atoms with E-state index >= 15 is 0 Å². The average Bonchev–Trinajstić information content (AvgIpc) is 2.71. The number of nitrogens with zero attached hydrogens (tertiary/aromatic N) is 2. The zero-order valence-electron chi connectivity index (χ0n) is 17.0. The number of ether oxygens (including phenoxy) is 1. The maximum atomic E-state index is 6.09. The molecule has 1 aliphatic heterocycles. The first-order chi connectivity index (χ1) is 13.6. The topological polar surface area (TPSA) is 15.7 Å². The molecule has 0 aromatic heterocycles. The van der Waals surface area contributed by atoms with E-state index in [1.165, 1.54) is 33.7 Å². The number of hydrogen-bond acceptors (Lipinski definition) is 3. The van der Waals surface area contributed by atoms with Crippen LogP contribution in [-0.4, -0.2) is 39.2 Å². The summed E-state index contributed by atoms with van der Waals surface area (Å²) in [6, 6.07) is 19.5. The molecule has 3 heteroatoms. The Bertz CT molecular complexity index is 938. The standard InChI is InChI=1S/C25H28N2O/c1-26(2)15-16-28-20-13-14-25-23(18-20)22(17-19-9-5-4-6-10-19)21-11-7-8-12-24(21)27(25)3/h4-14H,15-18H2,1-3H3. The Labute approximate surface area is 168 Å². The van der Waals surface area contributed by atoms with E-state index in [1.807, 2.05) is 0 Å². The third-order valence-electron chi connectivity index (χ3n) is 5.45. The fourth-order valence-electron chi connectivity index (χ4n) is 3.95. The molecule has 0 bridgehead atoms. The molecule has 0 N–H and O–H groups in total. The Balaban J connectivity index is 1.71. The second-order valence-electron chi connectivity index (χ2n) is 7.71. The van der Waals surface area contributed by atoms with Crippen molar-refractivity contribution in [3.8, 4) is 0 Å². The maximum absolute atomic E-state index is 6.09. The average molecular weight is 373 g/mol. The zero-order chi connectivity index (χ0) is 19.5. The van der Waals surface area contributed by atoms with Crippen molar-refractivity contribution in [2.24, 2.45) is 0 Å². The molecule has 144 valence electrons. The molecule has 0 saturated carbocycles. The molecule has 0 amide bonds. The molecule has 1 heterocycles. The lowest BCUT2D eigenvalue weighted by Crippen LogP contribution is -2.26. The molecule has 2 aliphatic rings. The first-order valence-corrected chi connectivity index (χ1v) is 9.91. The molecule has 4 rings (SSSR count).